The first-order valence-electron chi connectivity index (χ1n) is 6.64. The molecule has 1 aromatic carbocycles. The van der Waals surface area contributed by atoms with Crippen LogP contribution in [-0.2, 0) is 15.6 Å². The van der Waals surface area contributed by atoms with Crippen molar-refractivity contribution in [2.24, 2.45) is 5.73 Å². The average Bonchev–Trinajstić information content (AvgIpc) is 2.37. The standard InChI is InChI=1S/C16H22N2O3S/c1-12(10-18-14(3)17)9-13(2)21-16-7-5-15(6-8-16)11-22(4,19)20/h5-9,18H,1,3,10-11,17H2,2,4H3/b13-9+. The van der Waals surface area contributed by atoms with Crippen molar-refractivity contribution in [3.8, 4) is 5.75 Å². The Labute approximate surface area is 132 Å². The first-order valence-corrected chi connectivity index (χ1v) is 8.70. The molecule has 1 rings (SSSR count). The molecule has 0 aliphatic heterocycles. The third kappa shape index (κ3) is 7.54. The Morgan fingerprint density at radius 2 is 1.91 bits per heavy atom. The Morgan fingerprint density at radius 3 is 2.41 bits per heavy atom. The first kappa shape index (κ1) is 17.8. The van der Waals surface area contributed by atoms with Crippen molar-refractivity contribution in [3.05, 3.63) is 66.2 Å². The van der Waals surface area contributed by atoms with Gasteiger partial charge in [0.25, 0.3) is 0 Å². The van der Waals surface area contributed by atoms with E-state index in [0.717, 1.165) is 11.1 Å². The SMILES string of the molecule is C=C(/C=C(\C)Oc1ccc(CS(C)(=O)=O)cc1)CNC(=C)N. The maximum absolute atomic E-state index is 11.2. The van der Waals surface area contributed by atoms with Crippen LogP contribution in [0.4, 0.5) is 0 Å². The van der Waals surface area contributed by atoms with Crippen LogP contribution in [0.1, 0.15) is 12.5 Å². The molecule has 0 aliphatic carbocycles. The molecule has 5 nitrogen and oxygen atoms in total. The maximum atomic E-state index is 11.2. The monoisotopic (exact) mass is 322 g/mol. The van der Waals surface area contributed by atoms with Gasteiger partial charge in [-0.1, -0.05) is 25.3 Å². The van der Waals surface area contributed by atoms with Gasteiger partial charge in [-0.2, -0.15) is 0 Å². The molecule has 22 heavy (non-hydrogen) atoms. The molecule has 0 unspecified atom stereocenters. The van der Waals surface area contributed by atoms with E-state index in [1.165, 1.54) is 6.26 Å². The van der Waals surface area contributed by atoms with Gasteiger partial charge in [0.1, 0.15) is 11.5 Å². The first-order chi connectivity index (χ1) is 10.2. The molecule has 0 amide bonds. The number of ether oxygens (including phenoxy) is 1. The van der Waals surface area contributed by atoms with Crippen LogP contribution < -0.4 is 15.8 Å². The van der Waals surface area contributed by atoms with E-state index in [-0.39, 0.29) is 5.75 Å². The van der Waals surface area contributed by atoms with Gasteiger partial charge in [-0.15, -0.1) is 0 Å². The van der Waals surface area contributed by atoms with E-state index >= 15 is 0 Å². The van der Waals surface area contributed by atoms with E-state index in [1.807, 2.05) is 6.92 Å². The molecule has 0 saturated heterocycles. The highest BCUT2D eigenvalue weighted by Gasteiger charge is 2.04. The second kappa shape index (κ2) is 7.70. The lowest BCUT2D eigenvalue weighted by Crippen LogP contribution is -2.20. The van der Waals surface area contributed by atoms with Crippen LogP contribution in [0.25, 0.3) is 0 Å². The summed E-state index contributed by atoms with van der Waals surface area (Å²) in [6, 6.07) is 6.94. The van der Waals surface area contributed by atoms with Crippen molar-refractivity contribution in [1.29, 1.82) is 0 Å². The highest BCUT2D eigenvalue weighted by molar-refractivity contribution is 7.89. The number of rotatable bonds is 8. The van der Waals surface area contributed by atoms with Crippen LogP contribution in [-0.4, -0.2) is 21.2 Å². The van der Waals surface area contributed by atoms with Gasteiger partial charge in [0.05, 0.1) is 11.6 Å². The molecule has 120 valence electrons. The van der Waals surface area contributed by atoms with Crippen LogP contribution in [0.15, 0.2) is 60.7 Å². The Bertz CT molecular complexity index is 674. The average molecular weight is 322 g/mol. The van der Waals surface area contributed by atoms with Gasteiger partial charge >= 0.3 is 0 Å². The quantitative estimate of drug-likeness (QED) is 0.566. The summed E-state index contributed by atoms with van der Waals surface area (Å²) in [5.41, 5.74) is 6.94. The summed E-state index contributed by atoms with van der Waals surface area (Å²) in [5.74, 6) is 1.71. The number of allylic oxidation sites excluding steroid dienone is 1. The molecular weight excluding hydrogens is 300 g/mol. The van der Waals surface area contributed by atoms with Gasteiger partial charge in [-0.05, 0) is 36.3 Å². The summed E-state index contributed by atoms with van der Waals surface area (Å²) in [5, 5.41) is 2.87. The summed E-state index contributed by atoms with van der Waals surface area (Å²) < 4.78 is 28.1. The molecule has 0 bridgehead atoms. The largest absolute Gasteiger partial charge is 0.462 e. The highest BCUT2D eigenvalue weighted by atomic mass is 32.2. The Morgan fingerprint density at radius 1 is 1.32 bits per heavy atom. The fraction of sp³-hybridized carbons (Fsp3) is 0.250. The van der Waals surface area contributed by atoms with Gasteiger partial charge < -0.3 is 15.8 Å². The molecule has 0 heterocycles. The van der Waals surface area contributed by atoms with Crippen LogP contribution >= 0.6 is 0 Å². The van der Waals surface area contributed by atoms with Gasteiger partial charge in [-0.3, -0.25) is 0 Å². The lowest BCUT2D eigenvalue weighted by atomic mass is 10.2. The van der Waals surface area contributed by atoms with E-state index in [2.05, 4.69) is 18.5 Å². The minimum absolute atomic E-state index is 0.0214. The third-order valence-electron chi connectivity index (χ3n) is 2.58. The number of sulfone groups is 1. The number of benzene rings is 1. The molecule has 0 spiro atoms. The normalized spacial score (nSPS) is 11.8. The fourth-order valence-electron chi connectivity index (χ4n) is 1.74. The lowest BCUT2D eigenvalue weighted by molar-refractivity contribution is 0.427. The Kier molecular flexibility index (Phi) is 6.24. The minimum atomic E-state index is -3.03. The molecule has 0 fully saturated rings. The van der Waals surface area contributed by atoms with Gasteiger partial charge in [0, 0.05) is 12.8 Å². The Hall–Kier alpha value is -2.21. The van der Waals surface area contributed by atoms with E-state index in [1.54, 1.807) is 30.3 Å². The van der Waals surface area contributed by atoms with E-state index in [4.69, 9.17) is 10.5 Å². The maximum Gasteiger partial charge on any atom is 0.151 e. The summed E-state index contributed by atoms with van der Waals surface area (Å²) in [7, 11) is -3.03. The zero-order valence-corrected chi connectivity index (χ0v) is 13.7. The molecule has 0 aromatic heterocycles. The predicted octanol–water partition coefficient (Wildman–Crippen LogP) is 2.09. The summed E-state index contributed by atoms with van der Waals surface area (Å²) in [6.45, 7) is 9.72. The smallest absolute Gasteiger partial charge is 0.151 e. The third-order valence-corrected chi connectivity index (χ3v) is 3.44. The van der Waals surface area contributed by atoms with Crippen molar-refractivity contribution < 1.29 is 13.2 Å². The summed E-state index contributed by atoms with van der Waals surface area (Å²) in [6.07, 6.45) is 3.00. The van der Waals surface area contributed by atoms with Crippen molar-refractivity contribution in [3.63, 3.8) is 0 Å². The topological polar surface area (TPSA) is 81.4 Å². The van der Waals surface area contributed by atoms with Crippen molar-refractivity contribution in [1.82, 2.24) is 5.32 Å². The van der Waals surface area contributed by atoms with E-state index in [0.29, 0.717) is 23.9 Å². The van der Waals surface area contributed by atoms with Crippen molar-refractivity contribution in [2.75, 3.05) is 12.8 Å². The molecular formula is C16H22N2O3S. The summed E-state index contributed by atoms with van der Waals surface area (Å²) in [4.78, 5) is 0. The van der Waals surface area contributed by atoms with E-state index in [9.17, 15) is 8.42 Å². The molecule has 6 heteroatoms. The zero-order valence-electron chi connectivity index (χ0n) is 12.9. The molecule has 0 saturated carbocycles. The van der Waals surface area contributed by atoms with Crippen LogP contribution in [0.2, 0.25) is 0 Å². The van der Waals surface area contributed by atoms with Crippen LogP contribution in [0, 0.1) is 0 Å². The number of nitrogens with one attached hydrogen (secondary N) is 1. The second-order valence-corrected chi connectivity index (χ2v) is 7.25. The number of hydrogen-bond acceptors (Lipinski definition) is 5. The van der Waals surface area contributed by atoms with Crippen molar-refractivity contribution in [2.45, 2.75) is 12.7 Å². The van der Waals surface area contributed by atoms with Gasteiger partial charge in [0.15, 0.2) is 9.84 Å². The van der Waals surface area contributed by atoms with Gasteiger partial charge in [-0.25, -0.2) is 8.42 Å². The second-order valence-electron chi connectivity index (χ2n) is 5.11. The lowest BCUT2D eigenvalue weighted by Gasteiger charge is -2.09. The highest BCUT2D eigenvalue weighted by Crippen LogP contribution is 2.17. The molecule has 0 aliphatic rings. The van der Waals surface area contributed by atoms with E-state index < -0.39 is 9.84 Å². The number of hydrogen-bond donors (Lipinski definition) is 2. The van der Waals surface area contributed by atoms with Crippen LogP contribution in [0.5, 0.6) is 5.75 Å². The van der Waals surface area contributed by atoms with Crippen molar-refractivity contribution >= 4 is 9.84 Å². The fourth-order valence-corrected chi connectivity index (χ4v) is 2.54. The predicted molar refractivity (Wildman–Crippen MR) is 89.8 cm³/mol. The number of nitrogens with two attached hydrogens (primary N) is 1. The molecule has 0 radical (unpaired) electrons. The molecule has 0 atom stereocenters. The van der Waals surface area contributed by atoms with Crippen LogP contribution in [0.3, 0.4) is 0 Å². The molecule has 1 aromatic rings. The zero-order chi connectivity index (χ0) is 16.8. The molecule has 3 N–H and O–H groups in total. The minimum Gasteiger partial charge on any atom is -0.462 e. The Balaban J connectivity index is 2.62. The summed E-state index contributed by atoms with van der Waals surface area (Å²) >= 11 is 0. The van der Waals surface area contributed by atoms with Gasteiger partial charge in [0.2, 0.25) is 0 Å².